The Morgan fingerprint density at radius 2 is 2.14 bits per heavy atom. The topological polar surface area (TPSA) is 29.9 Å². The monoisotopic (exact) mass is 357 g/mol. The lowest BCUT2D eigenvalue weighted by Crippen LogP contribution is -2.24. The number of rotatable bonds is 6. The van der Waals surface area contributed by atoms with Gasteiger partial charge < -0.3 is 5.32 Å². The molecule has 0 amide bonds. The molecule has 0 bridgehead atoms. The summed E-state index contributed by atoms with van der Waals surface area (Å²) in [5, 5.41) is 7.45. The molecule has 0 saturated heterocycles. The predicted molar refractivity (Wildman–Crippen MR) is 82.0 cm³/mol. The van der Waals surface area contributed by atoms with E-state index in [1.54, 1.807) is 10.9 Å². The summed E-state index contributed by atoms with van der Waals surface area (Å²) in [6, 6.07) is 2.49. The van der Waals surface area contributed by atoms with Crippen molar-refractivity contribution in [2.24, 2.45) is 7.05 Å². The number of nitrogens with zero attached hydrogens (tertiary/aromatic N) is 2. The van der Waals surface area contributed by atoms with Crippen molar-refractivity contribution < 1.29 is 8.78 Å². The van der Waals surface area contributed by atoms with Gasteiger partial charge in [-0.05, 0) is 47.4 Å². The van der Waals surface area contributed by atoms with Gasteiger partial charge in [0.15, 0.2) is 0 Å². The maximum Gasteiger partial charge on any atom is 0.143 e. The lowest BCUT2D eigenvalue weighted by Gasteiger charge is -2.18. The van der Waals surface area contributed by atoms with Crippen molar-refractivity contribution in [1.82, 2.24) is 15.1 Å². The van der Waals surface area contributed by atoms with E-state index in [0.29, 0.717) is 0 Å². The first-order chi connectivity index (χ1) is 10.0. The maximum absolute atomic E-state index is 14.1. The molecule has 2 aromatic rings. The van der Waals surface area contributed by atoms with Crippen molar-refractivity contribution in [1.29, 1.82) is 0 Å². The molecule has 1 heterocycles. The van der Waals surface area contributed by atoms with Gasteiger partial charge in [-0.1, -0.05) is 6.92 Å². The summed E-state index contributed by atoms with van der Waals surface area (Å²) < 4.78 is 30.0. The first-order valence-corrected chi connectivity index (χ1v) is 7.66. The van der Waals surface area contributed by atoms with Gasteiger partial charge in [-0.2, -0.15) is 5.10 Å². The summed E-state index contributed by atoms with van der Waals surface area (Å²) >= 11 is 3.10. The predicted octanol–water partition coefficient (Wildman–Crippen LogP) is 3.74. The SMILES string of the molecule is CCCNC(Cc1c(F)ccc(Br)c1F)c1cnn(C)c1. The van der Waals surface area contributed by atoms with Gasteiger partial charge >= 0.3 is 0 Å². The zero-order valence-electron chi connectivity index (χ0n) is 12.0. The first kappa shape index (κ1) is 16.1. The van der Waals surface area contributed by atoms with Crippen LogP contribution < -0.4 is 5.32 Å². The molecule has 0 aliphatic rings. The average Bonchev–Trinajstić information content (AvgIpc) is 2.89. The average molecular weight is 358 g/mol. The molecule has 6 heteroatoms. The maximum atomic E-state index is 14.1. The zero-order chi connectivity index (χ0) is 15.4. The molecule has 1 aromatic carbocycles. The Morgan fingerprint density at radius 3 is 2.76 bits per heavy atom. The third-order valence-corrected chi connectivity index (χ3v) is 3.93. The fraction of sp³-hybridized carbons (Fsp3) is 0.400. The summed E-state index contributed by atoms with van der Waals surface area (Å²) in [6.45, 7) is 2.82. The number of nitrogens with one attached hydrogen (secondary N) is 1. The normalized spacial score (nSPS) is 12.6. The number of hydrogen-bond acceptors (Lipinski definition) is 2. The molecule has 0 radical (unpaired) electrons. The Morgan fingerprint density at radius 1 is 1.38 bits per heavy atom. The van der Waals surface area contributed by atoms with Crippen LogP contribution >= 0.6 is 15.9 Å². The Hall–Kier alpha value is -1.27. The molecule has 1 N–H and O–H groups in total. The van der Waals surface area contributed by atoms with E-state index in [2.05, 4.69) is 26.3 Å². The minimum absolute atomic E-state index is 0.0850. The first-order valence-electron chi connectivity index (χ1n) is 6.87. The number of hydrogen-bond donors (Lipinski definition) is 1. The molecule has 0 spiro atoms. The molecule has 0 fully saturated rings. The summed E-state index contributed by atoms with van der Waals surface area (Å²) in [6.07, 6.45) is 4.77. The second-order valence-electron chi connectivity index (χ2n) is 4.98. The van der Waals surface area contributed by atoms with E-state index in [1.165, 1.54) is 12.1 Å². The second-order valence-corrected chi connectivity index (χ2v) is 5.83. The van der Waals surface area contributed by atoms with Crippen LogP contribution in [-0.2, 0) is 13.5 Å². The van der Waals surface area contributed by atoms with E-state index in [4.69, 9.17) is 0 Å². The molecule has 1 aromatic heterocycles. The molecule has 1 unspecified atom stereocenters. The van der Waals surface area contributed by atoms with Gasteiger partial charge in [0, 0.05) is 30.4 Å². The Labute approximate surface area is 131 Å². The summed E-state index contributed by atoms with van der Waals surface area (Å²) in [7, 11) is 1.82. The van der Waals surface area contributed by atoms with Gasteiger partial charge in [0.05, 0.1) is 10.7 Å². The molecule has 3 nitrogen and oxygen atoms in total. The highest BCUT2D eigenvalue weighted by molar-refractivity contribution is 9.10. The van der Waals surface area contributed by atoms with Crippen molar-refractivity contribution in [3.8, 4) is 0 Å². The number of halogens is 3. The van der Waals surface area contributed by atoms with E-state index in [1.807, 2.05) is 20.2 Å². The van der Waals surface area contributed by atoms with Gasteiger partial charge in [-0.3, -0.25) is 4.68 Å². The van der Waals surface area contributed by atoms with E-state index in [-0.39, 0.29) is 22.5 Å². The Bertz CT molecular complexity index is 613. The smallest absolute Gasteiger partial charge is 0.143 e. The third-order valence-electron chi connectivity index (χ3n) is 3.32. The van der Waals surface area contributed by atoms with Gasteiger partial charge in [0.2, 0.25) is 0 Å². The van der Waals surface area contributed by atoms with Crippen molar-refractivity contribution in [3.63, 3.8) is 0 Å². The molecule has 2 rings (SSSR count). The van der Waals surface area contributed by atoms with Crippen LogP contribution in [0.2, 0.25) is 0 Å². The molecule has 21 heavy (non-hydrogen) atoms. The number of aryl methyl sites for hydroxylation is 1. The molecular weight excluding hydrogens is 340 g/mol. The van der Waals surface area contributed by atoms with Gasteiger partial charge in [-0.25, -0.2) is 8.78 Å². The molecule has 0 saturated carbocycles. The lowest BCUT2D eigenvalue weighted by atomic mass is 10.0. The van der Waals surface area contributed by atoms with Crippen molar-refractivity contribution in [2.75, 3.05) is 6.54 Å². The summed E-state index contributed by atoms with van der Waals surface area (Å²) in [5.74, 6) is -1.06. The second kappa shape index (κ2) is 7.13. The molecule has 0 aliphatic carbocycles. The van der Waals surface area contributed by atoms with Crippen LogP contribution in [0.1, 0.15) is 30.5 Å². The minimum Gasteiger partial charge on any atom is -0.310 e. The Balaban J connectivity index is 2.29. The fourth-order valence-electron chi connectivity index (χ4n) is 2.21. The highest BCUT2D eigenvalue weighted by Gasteiger charge is 2.19. The molecule has 0 aliphatic heterocycles. The van der Waals surface area contributed by atoms with E-state index in [9.17, 15) is 8.78 Å². The van der Waals surface area contributed by atoms with Crippen LogP contribution in [0.3, 0.4) is 0 Å². The van der Waals surface area contributed by atoms with E-state index in [0.717, 1.165) is 18.5 Å². The summed E-state index contributed by atoms with van der Waals surface area (Å²) in [5.41, 5.74) is 1.01. The van der Waals surface area contributed by atoms with Gasteiger partial charge in [0.1, 0.15) is 11.6 Å². The van der Waals surface area contributed by atoms with Gasteiger partial charge in [-0.15, -0.1) is 0 Å². The van der Waals surface area contributed by atoms with Crippen LogP contribution in [0.15, 0.2) is 29.0 Å². The van der Waals surface area contributed by atoms with Crippen LogP contribution in [0, 0.1) is 11.6 Å². The number of aromatic nitrogens is 2. The van der Waals surface area contributed by atoms with Crippen LogP contribution in [0.4, 0.5) is 8.78 Å². The molecule has 114 valence electrons. The molecule has 1 atom stereocenters. The number of benzene rings is 1. The Kier molecular flexibility index (Phi) is 5.47. The largest absolute Gasteiger partial charge is 0.310 e. The standard InChI is InChI=1S/C15H18BrF2N3/c1-3-6-19-14(10-8-20-21(2)9-10)7-11-13(17)5-4-12(16)15(11)18/h4-5,8-9,14,19H,3,6-7H2,1-2H3. The van der Waals surface area contributed by atoms with Crippen LogP contribution in [0.25, 0.3) is 0 Å². The lowest BCUT2D eigenvalue weighted by molar-refractivity contribution is 0.488. The van der Waals surface area contributed by atoms with Crippen molar-refractivity contribution in [2.45, 2.75) is 25.8 Å². The van der Waals surface area contributed by atoms with Crippen molar-refractivity contribution in [3.05, 3.63) is 51.8 Å². The minimum atomic E-state index is -0.540. The third kappa shape index (κ3) is 3.89. The highest BCUT2D eigenvalue weighted by Crippen LogP contribution is 2.26. The van der Waals surface area contributed by atoms with Crippen LogP contribution in [0.5, 0.6) is 0 Å². The van der Waals surface area contributed by atoms with E-state index < -0.39 is 11.6 Å². The van der Waals surface area contributed by atoms with Crippen molar-refractivity contribution >= 4 is 15.9 Å². The van der Waals surface area contributed by atoms with Crippen LogP contribution in [-0.4, -0.2) is 16.3 Å². The summed E-state index contributed by atoms with van der Waals surface area (Å²) in [4.78, 5) is 0. The van der Waals surface area contributed by atoms with E-state index >= 15 is 0 Å². The highest BCUT2D eigenvalue weighted by atomic mass is 79.9. The molecular formula is C15H18BrF2N3. The van der Waals surface area contributed by atoms with Gasteiger partial charge in [0.25, 0.3) is 0 Å². The fourth-order valence-corrected chi connectivity index (χ4v) is 2.58. The zero-order valence-corrected chi connectivity index (χ0v) is 13.6. The quantitative estimate of drug-likeness (QED) is 0.798.